The van der Waals surface area contributed by atoms with E-state index in [0.717, 1.165) is 47.4 Å². The molecule has 0 saturated carbocycles. The number of nitrogens with one attached hydrogen (secondary N) is 1. The van der Waals surface area contributed by atoms with Gasteiger partial charge >= 0.3 is 0 Å². The summed E-state index contributed by atoms with van der Waals surface area (Å²) in [6.07, 6.45) is -2.00. The van der Waals surface area contributed by atoms with Gasteiger partial charge in [-0.1, -0.05) is 19.1 Å². The zero-order chi connectivity index (χ0) is 26.7. The van der Waals surface area contributed by atoms with E-state index in [2.05, 4.69) is 29.1 Å². The molecule has 38 heavy (non-hydrogen) atoms. The van der Waals surface area contributed by atoms with Gasteiger partial charge in [0, 0.05) is 42.2 Å². The molecule has 6 rings (SSSR count). The second-order valence-corrected chi connectivity index (χ2v) is 12.1. The van der Waals surface area contributed by atoms with E-state index >= 15 is 4.39 Å². The molecule has 0 radical (unpaired) electrons. The first-order valence-electron chi connectivity index (χ1n) is 13.2. The Morgan fingerprint density at radius 2 is 1.87 bits per heavy atom. The van der Waals surface area contributed by atoms with E-state index in [-0.39, 0.29) is 24.2 Å². The van der Waals surface area contributed by atoms with Gasteiger partial charge in [-0.2, -0.15) is 0 Å². The van der Waals surface area contributed by atoms with E-state index in [4.69, 9.17) is 9.72 Å². The molecule has 2 aromatic rings. The van der Waals surface area contributed by atoms with Gasteiger partial charge in [-0.25, -0.2) is 9.37 Å². The molecule has 0 spiro atoms. The van der Waals surface area contributed by atoms with Crippen molar-refractivity contribution in [2.75, 3.05) is 44.7 Å². The highest BCUT2D eigenvalue weighted by Crippen LogP contribution is 2.42. The molecule has 202 valence electrons. The molecule has 0 aliphatic carbocycles. The topological polar surface area (TPSA) is 95.1 Å². The van der Waals surface area contributed by atoms with Crippen LogP contribution in [0.2, 0.25) is 0 Å². The van der Waals surface area contributed by atoms with Crippen molar-refractivity contribution in [2.45, 2.75) is 50.7 Å². The Kier molecular flexibility index (Phi) is 6.48. The number of likely N-dealkylation sites (N-methyl/N-ethyl adjacent to an activating group) is 1. The average Bonchev–Trinajstić information content (AvgIpc) is 3.57. The molecule has 6 atom stereocenters. The second kappa shape index (κ2) is 9.69. The van der Waals surface area contributed by atoms with Crippen LogP contribution in [0.1, 0.15) is 28.6 Å². The molecule has 9 nitrogen and oxygen atoms in total. The molecular formula is C27H32FN5O4S. The molecule has 5 heterocycles. The Labute approximate surface area is 224 Å². The van der Waals surface area contributed by atoms with Crippen LogP contribution in [0, 0.1) is 12.8 Å². The first kappa shape index (κ1) is 25.4. The van der Waals surface area contributed by atoms with E-state index in [9.17, 15) is 14.4 Å². The van der Waals surface area contributed by atoms with Crippen molar-refractivity contribution in [3.05, 3.63) is 34.7 Å². The van der Waals surface area contributed by atoms with Gasteiger partial charge in [0.05, 0.1) is 11.7 Å². The lowest BCUT2D eigenvalue weighted by atomic mass is 9.86. The minimum Gasteiger partial charge on any atom is -0.365 e. The number of carbonyl (C=O) groups excluding carboxylic acids is 3. The van der Waals surface area contributed by atoms with E-state index in [1.165, 1.54) is 4.90 Å². The smallest absolute Gasteiger partial charge is 0.251 e. The summed E-state index contributed by atoms with van der Waals surface area (Å²) < 4.78 is 20.4. The molecule has 4 aliphatic rings. The number of ether oxygens (including phenoxy) is 1. The van der Waals surface area contributed by atoms with E-state index in [1.54, 1.807) is 23.5 Å². The zero-order valence-corrected chi connectivity index (χ0v) is 22.5. The van der Waals surface area contributed by atoms with Crippen LogP contribution in [-0.2, 0) is 14.3 Å². The Hall–Kier alpha value is -2.89. The first-order chi connectivity index (χ1) is 18.2. The standard InChI is InChI=1S/C27H32FN5O4S/c1-14-12-18(26(36)33-22(14)20(28)24-23(33)19(34)13-37-24)29-25(35)17-6-4-16(5-7-17)21-15(2)38-27(30-21)32-10-8-31(3)9-11-32/h4-7,14,18,20,22-24H,8-13H2,1-3H3,(H,29,35)/t14?,18-,20-,22?,23+,24+/m0/s1. The average molecular weight is 542 g/mol. The molecule has 4 saturated heterocycles. The number of thiazole rings is 1. The van der Waals surface area contributed by atoms with Crippen LogP contribution in [0.25, 0.3) is 11.3 Å². The Bertz CT molecular complexity index is 1260. The van der Waals surface area contributed by atoms with Crippen molar-refractivity contribution in [3.63, 3.8) is 0 Å². The quantitative estimate of drug-likeness (QED) is 0.632. The highest BCUT2D eigenvalue weighted by Gasteiger charge is 2.62. The number of Topliss-reactive ketones (excluding diaryl/α,β-unsaturated/α-hetero) is 1. The number of benzene rings is 1. The number of nitrogens with zero attached hydrogens (tertiary/aromatic N) is 4. The normalized spacial score (nSPS) is 31.5. The fourth-order valence-corrected chi connectivity index (χ4v) is 7.22. The summed E-state index contributed by atoms with van der Waals surface area (Å²) in [6.45, 7) is 7.65. The SMILES string of the molecule is Cc1sc(N2CCN(C)CC2)nc1-c1ccc(C(=O)N[C@H]2CC(C)C3[C@H](F)[C@H]4OCC(=O)[C@H]4N3C2=O)cc1. The van der Waals surface area contributed by atoms with Crippen molar-refractivity contribution in [2.24, 2.45) is 5.92 Å². The predicted molar refractivity (Wildman–Crippen MR) is 141 cm³/mol. The monoisotopic (exact) mass is 541 g/mol. The Balaban J connectivity index is 1.15. The van der Waals surface area contributed by atoms with Crippen LogP contribution in [0.5, 0.6) is 0 Å². The maximum absolute atomic E-state index is 15.0. The minimum absolute atomic E-state index is 0.181. The number of halogens is 1. The molecule has 4 fully saturated rings. The van der Waals surface area contributed by atoms with E-state index in [0.29, 0.717) is 12.0 Å². The lowest BCUT2D eigenvalue weighted by molar-refractivity contribution is -0.145. The third-order valence-electron chi connectivity index (χ3n) is 8.35. The van der Waals surface area contributed by atoms with E-state index in [1.807, 2.05) is 19.1 Å². The van der Waals surface area contributed by atoms with Gasteiger partial charge in [0.2, 0.25) is 5.91 Å². The number of hydrogen-bond acceptors (Lipinski definition) is 8. The third-order valence-corrected chi connectivity index (χ3v) is 9.38. The highest BCUT2D eigenvalue weighted by molar-refractivity contribution is 7.16. The number of alkyl halides is 1. The van der Waals surface area contributed by atoms with Crippen molar-refractivity contribution >= 4 is 34.1 Å². The molecular weight excluding hydrogens is 509 g/mol. The maximum Gasteiger partial charge on any atom is 0.251 e. The molecule has 1 aromatic heterocycles. The molecule has 2 amide bonds. The van der Waals surface area contributed by atoms with Gasteiger partial charge < -0.3 is 24.8 Å². The number of fused-ring (bicyclic) bond motifs is 3. The van der Waals surface area contributed by atoms with Crippen LogP contribution < -0.4 is 10.2 Å². The predicted octanol–water partition coefficient (Wildman–Crippen LogP) is 1.89. The van der Waals surface area contributed by atoms with E-state index < -0.39 is 36.3 Å². The maximum atomic E-state index is 15.0. The summed E-state index contributed by atoms with van der Waals surface area (Å²) in [4.78, 5) is 50.7. The summed E-state index contributed by atoms with van der Waals surface area (Å²) in [5.41, 5.74) is 2.26. The van der Waals surface area contributed by atoms with Crippen molar-refractivity contribution in [1.82, 2.24) is 20.1 Å². The molecule has 1 aromatic carbocycles. The van der Waals surface area contributed by atoms with Gasteiger partial charge in [0.1, 0.15) is 31.0 Å². The number of rotatable bonds is 4. The number of aryl methyl sites for hydroxylation is 1. The van der Waals surface area contributed by atoms with Crippen molar-refractivity contribution in [1.29, 1.82) is 0 Å². The lowest BCUT2D eigenvalue weighted by Gasteiger charge is -2.41. The Morgan fingerprint density at radius 1 is 1.16 bits per heavy atom. The molecule has 1 N–H and O–H groups in total. The second-order valence-electron chi connectivity index (χ2n) is 10.9. The fourth-order valence-electron chi connectivity index (χ4n) is 6.24. The number of piperidine rings is 1. The summed E-state index contributed by atoms with van der Waals surface area (Å²) in [6, 6.07) is 4.79. The van der Waals surface area contributed by atoms with Gasteiger partial charge in [-0.15, -0.1) is 11.3 Å². The Morgan fingerprint density at radius 3 is 2.58 bits per heavy atom. The summed E-state index contributed by atoms with van der Waals surface area (Å²) in [7, 11) is 2.13. The van der Waals surface area contributed by atoms with Gasteiger partial charge in [0.15, 0.2) is 10.9 Å². The number of anilines is 1. The lowest BCUT2D eigenvalue weighted by Crippen LogP contribution is -2.61. The molecule has 0 bridgehead atoms. The van der Waals surface area contributed by atoms with Crippen LogP contribution in [0.4, 0.5) is 9.52 Å². The zero-order valence-electron chi connectivity index (χ0n) is 21.7. The van der Waals surface area contributed by atoms with Crippen LogP contribution in [0.3, 0.4) is 0 Å². The largest absolute Gasteiger partial charge is 0.365 e. The summed E-state index contributed by atoms with van der Waals surface area (Å²) in [5, 5.41) is 3.85. The number of ketones is 1. The molecule has 4 aliphatic heterocycles. The van der Waals surface area contributed by atoms with Gasteiger partial charge in [-0.3, -0.25) is 14.4 Å². The summed E-state index contributed by atoms with van der Waals surface area (Å²) in [5.74, 6) is -1.30. The van der Waals surface area contributed by atoms with Crippen LogP contribution in [-0.4, -0.2) is 103 Å². The fraction of sp³-hybridized carbons (Fsp3) is 0.556. The number of aromatic nitrogens is 1. The van der Waals surface area contributed by atoms with Crippen molar-refractivity contribution in [3.8, 4) is 11.3 Å². The van der Waals surface area contributed by atoms with Gasteiger partial charge in [-0.05, 0) is 38.4 Å². The summed E-state index contributed by atoms with van der Waals surface area (Å²) >= 11 is 1.68. The van der Waals surface area contributed by atoms with Gasteiger partial charge in [0.25, 0.3) is 5.91 Å². The van der Waals surface area contributed by atoms with Crippen LogP contribution >= 0.6 is 11.3 Å². The van der Waals surface area contributed by atoms with Crippen LogP contribution in [0.15, 0.2) is 24.3 Å². The van der Waals surface area contributed by atoms with Crippen molar-refractivity contribution < 1.29 is 23.5 Å². The number of amides is 2. The highest BCUT2D eigenvalue weighted by atomic mass is 32.1. The molecule has 11 heteroatoms. The number of carbonyl (C=O) groups is 3. The first-order valence-corrected chi connectivity index (χ1v) is 14.0. The number of piperazine rings is 1. The third kappa shape index (κ3) is 4.20. The minimum atomic E-state index is -1.40. The molecule has 2 unspecified atom stereocenters. The number of hydrogen-bond donors (Lipinski definition) is 1.